The quantitative estimate of drug-likeness (QED) is 0.211. The van der Waals surface area contributed by atoms with Gasteiger partial charge in [0, 0.05) is 15.6 Å². The standard InChI is InChI=1S/C24H16BrCl2NO6S2/c1-33-15-6-8-16(9-7-15)36(31,32)34-21-10-5-14(11-18(21)25)12-22-23(29)28(24(30)35-22)13-17-19(26)3-2-4-20(17)27/h2-12H,13H2,1H3/b22-12-. The van der Waals surface area contributed by atoms with Gasteiger partial charge in [-0.15, -0.1) is 0 Å². The summed E-state index contributed by atoms with van der Waals surface area (Å²) in [5.41, 5.74) is 1.03. The van der Waals surface area contributed by atoms with Gasteiger partial charge in [0.2, 0.25) is 0 Å². The second kappa shape index (κ2) is 10.9. The number of carbonyl (C=O) groups is 2. The van der Waals surface area contributed by atoms with Crippen LogP contribution in [-0.4, -0.2) is 31.6 Å². The van der Waals surface area contributed by atoms with Crippen molar-refractivity contribution in [3.05, 3.63) is 91.2 Å². The van der Waals surface area contributed by atoms with E-state index < -0.39 is 21.3 Å². The van der Waals surface area contributed by atoms with E-state index in [1.165, 1.54) is 43.5 Å². The molecule has 0 aromatic heterocycles. The number of rotatable bonds is 7. The number of amides is 2. The summed E-state index contributed by atoms with van der Waals surface area (Å²) < 4.78 is 35.9. The number of ether oxygens (including phenoxy) is 1. The molecule has 0 atom stereocenters. The van der Waals surface area contributed by atoms with Crippen LogP contribution in [0.4, 0.5) is 4.79 Å². The Morgan fingerprint density at radius 2 is 1.69 bits per heavy atom. The highest BCUT2D eigenvalue weighted by atomic mass is 79.9. The average Bonchev–Trinajstić information content (AvgIpc) is 3.10. The predicted octanol–water partition coefficient (Wildman–Crippen LogP) is 6.77. The molecule has 3 aromatic carbocycles. The molecule has 1 aliphatic heterocycles. The fourth-order valence-electron chi connectivity index (χ4n) is 3.21. The van der Waals surface area contributed by atoms with Gasteiger partial charge in [-0.3, -0.25) is 14.5 Å². The third-order valence-corrected chi connectivity index (χ3v) is 8.54. The molecule has 1 fully saturated rings. The number of benzene rings is 3. The number of imide groups is 1. The van der Waals surface area contributed by atoms with Crippen molar-refractivity contribution in [2.24, 2.45) is 0 Å². The molecule has 1 saturated heterocycles. The van der Waals surface area contributed by atoms with Crippen molar-refractivity contribution in [2.75, 3.05) is 7.11 Å². The van der Waals surface area contributed by atoms with Crippen molar-refractivity contribution >= 4 is 78.2 Å². The van der Waals surface area contributed by atoms with Crippen LogP contribution in [0.15, 0.2) is 74.9 Å². The Morgan fingerprint density at radius 3 is 2.31 bits per heavy atom. The lowest BCUT2D eigenvalue weighted by molar-refractivity contribution is -0.123. The van der Waals surface area contributed by atoms with Crippen molar-refractivity contribution in [2.45, 2.75) is 11.4 Å². The van der Waals surface area contributed by atoms with E-state index in [4.69, 9.17) is 32.1 Å². The van der Waals surface area contributed by atoms with Crippen LogP contribution in [0.3, 0.4) is 0 Å². The molecule has 12 heteroatoms. The van der Waals surface area contributed by atoms with Crippen LogP contribution in [0.1, 0.15) is 11.1 Å². The molecule has 2 amide bonds. The Kier molecular flexibility index (Phi) is 8.01. The number of thioether (sulfide) groups is 1. The van der Waals surface area contributed by atoms with E-state index >= 15 is 0 Å². The Bertz CT molecular complexity index is 1470. The van der Waals surface area contributed by atoms with Gasteiger partial charge in [0.15, 0.2) is 5.75 Å². The molecule has 0 radical (unpaired) electrons. The first-order chi connectivity index (χ1) is 17.1. The highest BCUT2D eigenvalue weighted by Crippen LogP contribution is 2.37. The number of nitrogens with zero attached hydrogens (tertiary/aromatic N) is 1. The van der Waals surface area contributed by atoms with Gasteiger partial charge in [-0.25, -0.2) is 0 Å². The zero-order chi connectivity index (χ0) is 26.0. The van der Waals surface area contributed by atoms with Crippen LogP contribution < -0.4 is 8.92 Å². The van der Waals surface area contributed by atoms with E-state index in [0.717, 1.165) is 16.7 Å². The summed E-state index contributed by atoms with van der Waals surface area (Å²) in [6, 6.07) is 15.3. The maximum Gasteiger partial charge on any atom is 0.339 e. The van der Waals surface area contributed by atoms with E-state index in [1.807, 2.05) is 0 Å². The summed E-state index contributed by atoms with van der Waals surface area (Å²) in [6.07, 6.45) is 1.53. The van der Waals surface area contributed by atoms with Crippen LogP contribution in [0.25, 0.3) is 6.08 Å². The van der Waals surface area contributed by atoms with Gasteiger partial charge >= 0.3 is 10.1 Å². The molecule has 186 valence electrons. The van der Waals surface area contributed by atoms with Crippen LogP contribution in [-0.2, 0) is 21.5 Å². The zero-order valence-corrected chi connectivity index (χ0v) is 23.1. The first kappa shape index (κ1) is 26.6. The normalized spacial score (nSPS) is 15.0. The lowest BCUT2D eigenvalue weighted by Crippen LogP contribution is -2.27. The number of hydrogen-bond donors (Lipinski definition) is 0. The van der Waals surface area contributed by atoms with Crippen molar-refractivity contribution in [3.8, 4) is 11.5 Å². The van der Waals surface area contributed by atoms with Crippen molar-refractivity contribution in [3.63, 3.8) is 0 Å². The predicted molar refractivity (Wildman–Crippen MR) is 143 cm³/mol. The molecule has 0 spiro atoms. The summed E-state index contributed by atoms with van der Waals surface area (Å²) >= 11 is 16.5. The first-order valence-corrected chi connectivity index (χ1v) is 13.9. The molecular weight excluding hydrogens is 613 g/mol. The van der Waals surface area contributed by atoms with Gasteiger partial charge in [0.1, 0.15) is 10.6 Å². The SMILES string of the molecule is COc1ccc(S(=O)(=O)Oc2ccc(/C=C3\SC(=O)N(Cc4c(Cl)cccc4Cl)C3=O)cc2Br)cc1. The summed E-state index contributed by atoms with van der Waals surface area (Å²) in [4.78, 5) is 26.6. The Hall–Kier alpha value is -2.50. The Morgan fingerprint density at radius 1 is 1.03 bits per heavy atom. The second-order valence-electron chi connectivity index (χ2n) is 7.37. The van der Waals surface area contributed by atoms with Gasteiger partial charge in [0.05, 0.1) is 23.0 Å². The smallest absolute Gasteiger partial charge is 0.339 e. The van der Waals surface area contributed by atoms with Gasteiger partial charge in [-0.2, -0.15) is 8.42 Å². The van der Waals surface area contributed by atoms with Gasteiger partial charge in [0.25, 0.3) is 11.1 Å². The largest absolute Gasteiger partial charge is 0.497 e. The molecule has 3 aromatic rings. The Labute approximate surface area is 230 Å². The average molecular weight is 629 g/mol. The fourth-order valence-corrected chi connectivity index (χ4v) is 6.10. The molecule has 0 saturated carbocycles. The van der Waals surface area contributed by atoms with E-state index in [9.17, 15) is 18.0 Å². The van der Waals surface area contributed by atoms with Crippen molar-refractivity contribution < 1.29 is 26.9 Å². The van der Waals surface area contributed by atoms with Crippen molar-refractivity contribution in [1.29, 1.82) is 0 Å². The minimum Gasteiger partial charge on any atom is -0.497 e. The number of hydrogen-bond acceptors (Lipinski definition) is 7. The van der Waals surface area contributed by atoms with Crippen LogP contribution in [0, 0.1) is 0 Å². The van der Waals surface area contributed by atoms with Crippen LogP contribution >= 0.6 is 50.9 Å². The molecule has 36 heavy (non-hydrogen) atoms. The third kappa shape index (κ3) is 5.73. The fraction of sp³-hybridized carbons (Fsp3) is 0.0833. The molecule has 0 unspecified atom stereocenters. The molecule has 1 aliphatic rings. The lowest BCUT2D eigenvalue weighted by atomic mass is 10.2. The Balaban J connectivity index is 1.52. The molecule has 0 N–H and O–H groups in total. The van der Waals surface area contributed by atoms with Gasteiger partial charge in [-0.1, -0.05) is 35.3 Å². The topological polar surface area (TPSA) is 90.0 Å². The van der Waals surface area contributed by atoms with E-state index in [2.05, 4.69) is 15.9 Å². The monoisotopic (exact) mass is 627 g/mol. The zero-order valence-electron chi connectivity index (χ0n) is 18.4. The summed E-state index contributed by atoms with van der Waals surface area (Å²) in [5.74, 6) is 0.0859. The van der Waals surface area contributed by atoms with Crippen LogP contribution in [0.5, 0.6) is 11.5 Å². The van der Waals surface area contributed by atoms with E-state index in [-0.39, 0.29) is 22.1 Å². The van der Waals surface area contributed by atoms with Gasteiger partial charge in [-0.05, 0) is 87.9 Å². The highest BCUT2D eigenvalue weighted by Gasteiger charge is 2.35. The van der Waals surface area contributed by atoms with Crippen molar-refractivity contribution in [1.82, 2.24) is 4.90 Å². The minimum absolute atomic E-state index is 0.0356. The third-order valence-electron chi connectivity index (χ3n) is 5.05. The second-order valence-corrected chi connectivity index (χ2v) is 11.6. The molecule has 7 nitrogen and oxygen atoms in total. The number of carbonyl (C=O) groups excluding carboxylic acids is 2. The molecule has 0 bridgehead atoms. The maximum atomic E-state index is 12.9. The lowest BCUT2D eigenvalue weighted by Gasteiger charge is -2.14. The minimum atomic E-state index is -4.09. The molecule has 4 rings (SSSR count). The van der Waals surface area contributed by atoms with Crippen LogP contribution in [0.2, 0.25) is 10.0 Å². The number of methoxy groups -OCH3 is 1. The summed E-state index contributed by atoms with van der Waals surface area (Å²) in [5, 5.41) is 0.260. The number of halogens is 3. The molecule has 0 aliphatic carbocycles. The highest BCUT2D eigenvalue weighted by molar-refractivity contribution is 9.10. The molecule has 1 heterocycles. The van der Waals surface area contributed by atoms with Gasteiger partial charge < -0.3 is 8.92 Å². The summed E-state index contributed by atoms with van der Waals surface area (Å²) in [7, 11) is -2.61. The maximum absolute atomic E-state index is 12.9. The first-order valence-electron chi connectivity index (χ1n) is 10.2. The summed E-state index contributed by atoms with van der Waals surface area (Å²) in [6.45, 7) is -0.0554. The molecular formula is C24H16BrCl2NO6S2. The van der Waals surface area contributed by atoms with E-state index in [0.29, 0.717) is 31.4 Å². The van der Waals surface area contributed by atoms with E-state index in [1.54, 1.807) is 30.3 Å².